The highest BCUT2D eigenvalue weighted by molar-refractivity contribution is 5.83. The summed E-state index contributed by atoms with van der Waals surface area (Å²) in [4.78, 5) is 12.6. The van der Waals surface area contributed by atoms with Gasteiger partial charge in [-0.1, -0.05) is 33.6 Å². The summed E-state index contributed by atoms with van der Waals surface area (Å²) in [7, 11) is 0. The minimum absolute atomic E-state index is 0.115. The number of rotatable bonds is 6. The summed E-state index contributed by atoms with van der Waals surface area (Å²) in [6.07, 6.45) is 12.4. The second kappa shape index (κ2) is 6.83. The largest absolute Gasteiger partial charge is 0.352 e. The van der Waals surface area contributed by atoms with Gasteiger partial charge in [-0.3, -0.25) is 4.79 Å². The Hall–Kier alpha value is -0.970. The van der Waals surface area contributed by atoms with Crippen molar-refractivity contribution in [2.24, 2.45) is 11.3 Å². The van der Waals surface area contributed by atoms with Crippen LogP contribution in [0.1, 0.15) is 65.7 Å². The summed E-state index contributed by atoms with van der Waals surface area (Å²) in [6.45, 7) is 6.48. The number of amides is 1. The molecule has 1 rings (SSSR count). The highest BCUT2D eigenvalue weighted by Gasteiger charge is 2.41. The van der Waals surface area contributed by atoms with E-state index in [9.17, 15) is 4.79 Å². The molecule has 1 N–H and O–H groups in total. The van der Waals surface area contributed by atoms with E-state index < -0.39 is 0 Å². The molecule has 18 heavy (non-hydrogen) atoms. The van der Waals surface area contributed by atoms with Gasteiger partial charge in [0.2, 0.25) is 5.91 Å². The van der Waals surface area contributed by atoms with Crippen LogP contribution < -0.4 is 5.32 Å². The van der Waals surface area contributed by atoms with Crippen LogP contribution >= 0.6 is 0 Å². The molecule has 1 saturated carbocycles. The van der Waals surface area contributed by atoms with Gasteiger partial charge in [-0.2, -0.15) is 0 Å². The summed E-state index contributed by atoms with van der Waals surface area (Å²) in [5, 5.41) is 3.17. The van der Waals surface area contributed by atoms with Crippen molar-refractivity contribution >= 4 is 5.91 Å². The molecule has 0 heterocycles. The minimum atomic E-state index is -0.115. The van der Waals surface area contributed by atoms with Gasteiger partial charge in [0.15, 0.2) is 0 Å². The normalized spacial score (nSPS) is 19.5. The molecule has 0 aromatic heterocycles. The van der Waals surface area contributed by atoms with Gasteiger partial charge in [0, 0.05) is 17.9 Å². The van der Waals surface area contributed by atoms with E-state index in [4.69, 9.17) is 6.42 Å². The molecule has 1 atom stereocenters. The van der Waals surface area contributed by atoms with Gasteiger partial charge in [0.05, 0.1) is 0 Å². The van der Waals surface area contributed by atoms with Crippen molar-refractivity contribution in [1.29, 1.82) is 0 Å². The number of hydrogen-bond donors (Lipinski definition) is 1. The van der Waals surface area contributed by atoms with Gasteiger partial charge in [0.1, 0.15) is 0 Å². The molecule has 2 nitrogen and oxygen atoms in total. The van der Waals surface area contributed by atoms with Gasteiger partial charge in [-0.05, 0) is 31.6 Å². The fourth-order valence-electron chi connectivity index (χ4n) is 3.14. The SMILES string of the molecule is C#CCC(CC)NC(=O)C1(CC(C)C)CCCC1. The molecular formula is C16H27NO. The quantitative estimate of drug-likeness (QED) is 0.717. The number of hydrogen-bond acceptors (Lipinski definition) is 1. The Labute approximate surface area is 112 Å². The lowest BCUT2D eigenvalue weighted by Crippen LogP contribution is -2.44. The van der Waals surface area contributed by atoms with Crippen molar-refractivity contribution in [1.82, 2.24) is 5.32 Å². The molecule has 0 aromatic rings. The van der Waals surface area contributed by atoms with Crippen molar-refractivity contribution in [2.75, 3.05) is 0 Å². The van der Waals surface area contributed by atoms with Crippen LogP contribution in [0.4, 0.5) is 0 Å². The van der Waals surface area contributed by atoms with Crippen molar-refractivity contribution in [3.8, 4) is 12.3 Å². The predicted octanol–water partition coefficient (Wildman–Crippen LogP) is 3.51. The Morgan fingerprint density at radius 1 is 1.39 bits per heavy atom. The average molecular weight is 249 g/mol. The van der Waals surface area contributed by atoms with Crippen molar-refractivity contribution in [3.05, 3.63) is 0 Å². The van der Waals surface area contributed by atoms with Crippen LogP contribution in [0.25, 0.3) is 0 Å². The molecule has 1 aliphatic carbocycles. The zero-order chi connectivity index (χ0) is 13.6. The van der Waals surface area contributed by atoms with Gasteiger partial charge in [-0.25, -0.2) is 0 Å². The number of terminal acetylenes is 1. The van der Waals surface area contributed by atoms with Crippen LogP contribution in [0.3, 0.4) is 0 Å². The summed E-state index contributed by atoms with van der Waals surface area (Å²) in [6, 6.07) is 0.145. The first-order valence-corrected chi connectivity index (χ1v) is 7.28. The maximum Gasteiger partial charge on any atom is 0.226 e. The van der Waals surface area contributed by atoms with Crippen molar-refractivity contribution < 1.29 is 4.79 Å². The topological polar surface area (TPSA) is 29.1 Å². The highest BCUT2D eigenvalue weighted by atomic mass is 16.2. The Balaban J connectivity index is 2.68. The Morgan fingerprint density at radius 3 is 2.44 bits per heavy atom. The second-order valence-corrected chi connectivity index (χ2v) is 6.07. The smallest absolute Gasteiger partial charge is 0.226 e. The van der Waals surface area contributed by atoms with E-state index in [1.807, 2.05) is 0 Å². The number of carbonyl (C=O) groups excluding carboxylic acids is 1. The van der Waals surface area contributed by atoms with Gasteiger partial charge < -0.3 is 5.32 Å². The molecule has 2 heteroatoms. The molecule has 1 aliphatic rings. The molecule has 0 aromatic carbocycles. The molecular weight excluding hydrogens is 222 g/mol. The lowest BCUT2D eigenvalue weighted by molar-refractivity contribution is -0.132. The van der Waals surface area contributed by atoms with E-state index in [-0.39, 0.29) is 17.4 Å². The van der Waals surface area contributed by atoms with Crippen LogP contribution in [0.15, 0.2) is 0 Å². The van der Waals surface area contributed by atoms with E-state index in [0.717, 1.165) is 25.7 Å². The monoisotopic (exact) mass is 249 g/mol. The maximum atomic E-state index is 12.6. The molecule has 1 unspecified atom stereocenters. The summed E-state index contributed by atoms with van der Waals surface area (Å²) in [5.74, 6) is 3.47. The minimum Gasteiger partial charge on any atom is -0.352 e. The third kappa shape index (κ3) is 3.77. The zero-order valence-electron chi connectivity index (χ0n) is 12.1. The van der Waals surface area contributed by atoms with Crippen LogP contribution in [0.5, 0.6) is 0 Å². The van der Waals surface area contributed by atoms with Crippen molar-refractivity contribution in [3.63, 3.8) is 0 Å². The first kappa shape index (κ1) is 15.1. The van der Waals surface area contributed by atoms with Gasteiger partial charge in [0.25, 0.3) is 0 Å². The van der Waals surface area contributed by atoms with E-state index in [2.05, 4.69) is 32.0 Å². The zero-order valence-corrected chi connectivity index (χ0v) is 12.1. The molecule has 0 bridgehead atoms. The predicted molar refractivity (Wildman–Crippen MR) is 76.0 cm³/mol. The molecule has 1 fully saturated rings. The Bertz CT molecular complexity index is 308. The average Bonchev–Trinajstić information content (AvgIpc) is 2.77. The lowest BCUT2D eigenvalue weighted by atomic mass is 9.77. The van der Waals surface area contributed by atoms with Crippen LogP contribution in [0, 0.1) is 23.7 Å². The first-order valence-electron chi connectivity index (χ1n) is 7.28. The summed E-state index contributed by atoms with van der Waals surface area (Å²) in [5.41, 5.74) is -0.115. The Kier molecular flexibility index (Phi) is 5.72. The fraction of sp³-hybridized carbons (Fsp3) is 0.812. The van der Waals surface area contributed by atoms with Crippen LogP contribution in [-0.2, 0) is 4.79 Å². The van der Waals surface area contributed by atoms with E-state index in [1.165, 1.54) is 12.8 Å². The van der Waals surface area contributed by atoms with E-state index >= 15 is 0 Å². The molecule has 0 saturated heterocycles. The third-order valence-corrected chi connectivity index (χ3v) is 4.03. The standard InChI is InChI=1S/C16H27NO/c1-5-9-14(6-2)17-15(18)16(12-13(3)4)10-7-8-11-16/h1,13-14H,6-12H2,2-4H3,(H,17,18). The molecule has 102 valence electrons. The van der Waals surface area contributed by atoms with Gasteiger partial charge in [-0.15, -0.1) is 12.3 Å². The van der Waals surface area contributed by atoms with Crippen LogP contribution in [0.2, 0.25) is 0 Å². The second-order valence-electron chi connectivity index (χ2n) is 6.07. The molecule has 1 amide bonds. The Morgan fingerprint density at radius 2 is 2.00 bits per heavy atom. The van der Waals surface area contributed by atoms with E-state index in [0.29, 0.717) is 12.3 Å². The summed E-state index contributed by atoms with van der Waals surface area (Å²) < 4.78 is 0. The maximum absolute atomic E-state index is 12.6. The first-order chi connectivity index (χ1) is 8.54. The fourth-order valence-corrected chi connectivity index (χ4v) is 3.14. The molecule has 0 radical (unpaired) electrons. The molecule has 0 aliphatic heterocycles. The summed E-state index contributed by atoms with van der Waals surface area (Å²) >= 11 is 0. The van der Waals surface area contributed by atoms with Crippen LogP contribution in [-0.4, -0.2) is 11.9 Å². The van der Waals surface area contributed by atoms with E-state index in [1.54, 1.807) is 0 Å². The third-order valence-electron chi connectivity index (χ3n) is 4.03. The lowest BCUT2D eigenvalue weighted by Gasteiger charge is -2.31. The highest BCUT2D eigenvalue weighted by Crippen LogP contribution is 2.43. The number of nitrogens with one attached hydrogen (secondary N) is 1. The van der Waals surface area contributed by atoms with Crippen molar-refractivity contribution in [2.45, 2.75) is 71.8 Å². The van der Waals surface area contributed by atoms with Gasteiger partial charge >= 0.3 is 0 Å². The number of carbonyl (C=O) groups is 1. The molecule has 0 spiro atoms.